The van der Waals surface area contributed by atoms with E-state index in [1.54, 1.807) is 0 Å². The summed E-state index contributed by atoms with van der Waals surface area (Å²) in [6.07, 6.45) is 9.51. The second-order valence-electron chi connectivity index (χ2n) is 6.64. The Kier molecular flexibility index (Phi) is 5.04. The van der Waals surface area contributed by atoms with Crippen LogP contribution in [0.15, 0.2) is 30.9 Å². The molecule has 1 fully saturated rings. The maximum absolute atomic E-state index is 12.4. The van der Waals surface area contributed by atoms with E-state index in [4.69, 9.17) is 0 Å². The van der Waals surface area contributed by atoms with Crippen LogP contribution < -0.4 is 5.32 Å². The molecule has 0 aliphatic carbocycles. The van der Waals surface area contributed by atoms with Crippen LogP contribution in [0, 0.1) is 5.92 Å². The lowest BCUT2D eigenvalue weighted by atomic mass is 9.87. The fourth-order valence-corrected chi connectivity index (χ4v) is 3.69. The number of amides is 1. The molecule has 6 heteroatoms. The third kappa shape index (κ3) is 3.38. The first-order valence-electron chi connectivity index (χ1n) is 8.68. The van der Waals surface area contributed by atoms with Crippen molar-refractivity contribution in [3.63, 3.8) is 0 Å². The topological polar surface area (TPSA) is 55.1 Å². The SMILES string of the molecule is CCN1C(=O)CC[C@H](CNCc2ccn(C)c2)[C@H]1c1nccn1C. The Balaban J connectivity index is 1.71. The van der Waals surface area contributed by atoms with Gasteiger partial charge in [0.2, 0.25) is 5.91 Å². The molecule has 24 heavy (non-hydrogen) atoms. The van der Waals surface area contributed by atoms with Crippen LogP contribution in [0.25, 0.3) is 0 Å². The summed E-state index contributed by atoms with van der Waals surface area (Å²) in [5.41, 5.74) is 1.28. The van der Waals surface area contributed by atoms with Crippen LogP contribution in [0.5, 0.6) is 0 Å². The third-order valence-corrected chi connectivity index (χ3v) is 4.92. The second kappa shape index (κ2) is 7.21. The van der Waals surface area contributed by atoms with Gasteiger partial charge in [0.05, 0.1) is 6.04 Å². The van der Waals surface area contributed by atoms with Gasteiger partial charge in [-0.05, 0) is 30.9 Å². The van der Waals surface area contributed by atoms with Gasteiger partial charge in [0.15, 0.2) is 0 Å². The molecule has 0 aromatic carbocycles. The van der Waals surface area contributed by atoms with Gasteiger partial charge in [0, 0.05) is 64.9 Å². The quantitative estimate of drug-likeness (QED) is 0.880. The van der Waals surface area contributed by atoms with Crippen LogP contribution in [-0.4, -0.2) is 38.0 Å². The molecule has 1 aliphatic heterocycles. The summed E-state index contributed by atoms with van der Waals surface area (Å²) < 4.78 is 4.10. The van der Waals surface area contributed by atoms with Crippen LogP contribution in [0.4, 0.5) is 0 Å². The third-order valence-electron chi connectivity index (χ3n) is 4.92. The van der Waals surface area contributed by atoms with Crippen LogP contribution in [-0.2, 0) is 25.4 Å². The van der Waals surface area contributed by atoms with Crippen LogP contribution in [0.2, 0.25) is 0 Å². The van der Waals surface area contributed by atoms with Gasteiger partial charge < -0.3 is 19.4 Å². The molecule has 1 saturated heterocycles. The minimum absolute atomic E-state index is 0.0551. The van der Waals surface area contributed by atoms with Gasteiger partial charge >= 0.3 is 0 Å². The zero-order valence-electron chi connectivity index (χ0n) is 14.8. The van der Waals surface area contributed by atoms with Crippen molar-refractivity contribution < 1.29 is 4.79 Å². The number of carbonyl (C=O) groups is 1. The number of rotatable bonds is 6. The minimum Gasteiger partial charge on any atom is -0.357 e. The molecule has 3 heterocycles. The zero-order valence-corrected chi connectivity index (χ0v) is 14.8. The van der Waals surface area contributed by atoms with Crippen LogP contribution >= 0.6 is 0 Å². The van der Waals surface area contributed by atoms with E-state index in [0.29, 0.717) is 12.3 Å². The fourth-order valence-electron chi connectivity index (χ4n) is 3.69. The molecule has 2 aromatic rings. The highest BCUT2D eigenvalue weighted by molar-refractivity contribution is 5.77. The van der Waals surface area contributed by atoms with E-state index in [1.807, 2.05) is 42.9 Å². The second-order valence-corrected chi connectivity index (χ2v) is 6.64. The van der Waals surface area contributed by atoms with Crippen molar-refractivity contribution in [3.05, 3.63) is 42.2 Å². The Labute approximate surface area is 143 Å². The minimum atomic E-state index is 0.0551. The van der Waals surface area contributed by atoms with Crippen molar-refractivity contribution in [2.75, 3.05) is 13.1 Å². The molecule has 0 unspecified atom stereocenters. The Morgan fingerprint density at radius 2 is 2.17 bits per heavy atom. The molecule has 0 spiro atoms. The summed E-state index contributed by atoms with van der Waals surface area (Å²) in [6, 6.07) is 2.19. The standard InChI is InChI=1S/C18H27N5O/c1-4-23-16(24)6-5-15(17(23)18-20-8-10-22(18)3)12-19-11-14-7-9-21(2)13-14/h7-10,13,15,17,19H,4-6,11-12H2,1-3H3/t15-,17+/m1/s1. The zero-order chi connectivity index (χ0) is 17.1. The molecule has 1 N–H and O–H groups in total. The van der Waals surface area contributed by atoms with E-state index in [1.165, 1.54) is 5.56 Å². The number of hydrogen-bond donors (Lipinski definition) is 1. The van der Waals surface area contributed by atoms with Crippen molar-refractivity contribution in [2.45, 2.75) is 32.4 Å². The first-order chi connectivity index (χ1) is 11.6. The summed E-state index contributed by atoms with van der Waals surface area (Å²) in [7, 11) is 4.04. The molecular formula is C18H27N5O. The Bertz CT molecular complexity index is 689. The maximum atomic E-state index is 12.4. The average molecular weight is 329 g/mol. The fraction of sp³-hybridized carbons (Fsp3) is 0.556. The monoisotopic (exact) mass is 329 g/mol. The highest BCUT2D eigenvalue weighted by atomic mass is 16.2. The predicted octanol–water partition coefficient (Wildman–Crippen LogP) is 1.85. The molecule has 0 bridgehead atoms. The van der Waals surface area contributed by atoms with E-state index >= 15 is 0 Å². The molecule has 1 aliphatic rings. The first kappa shape index (κ1) is 16.8. The number of aromatic nitrogens is 3. The lowest BCUT2D eigenvalue weighted by Crippen LogP contribution is -2.46. The molecule has 6 nitrogen and oxygen atoms in total. The van der Waals surface area contributed by atoms with E-state index < -0.39 is 0 Å². The van der Waals surface area contributed by atoms with Gasteiger partial charge in [-0.25, -0.2) is 4.98 Å². The van der Waals surface area contributed by atoms with Crippen molar-refractivity contribution in [1.29, 1.82) is 0 Å². The molecule has 130 valence electrons. The molecule has 0 radical (unpaired) electrons. The molecular weight excluding hydrogens is 302 g/mol. The van der Waals surface area contributed by atoms with E-state index in [9.17, 15) is 4.79 Å². The predicted molar refractivity (Wildman–Crippen MR) is 93.2 cm³/mol. The molecule has 2 atom stereocenters. The van der Waals surface area contributed by atoms with E-state index in [0.717, 1.165) is 31.9 Å². The molecule has 2 aromatic heterocycles. The van der Waals surface area contributed by atoms with Crippen molar-refractivity contribution in [1.82, 2.24) is 24.3 Å². The summed E-state index contributed by atoms with van der Waals surface area (Å²) in [5, 5.41) is 3.57. The van der Waals surface area contributed by atoms with Gasteiger partial charge in [0.1, 0.15) is 5.82 Å². The van der Waals surface area contributed by atoms with Gasteiger partial charge in [-0.1, -0.05) is 0 Å². The van der Waals surface area contributed by atoms with Gasteiger partial charge in [0.25, 0.3) is 0 Å². The Morgan fingerprint density at radius 3 is 2.79 bits per heavy atom. The molecule has 3 rings (SSSR count). The van der Waals surface area contributed by atoms with E-state index in [-0.39, 0.29) is 11.9 Å². The highest BCUT2D eigenvalue weighted by Crippen LogP contribution is 2.35. The molecule has 0 saturated carbocycles. The van der Waals surface area contributed by atoms with Crippen LogP contribution in [0.1, 0.15) is 37.2 Å². The normalized spacial score (nSPS) is 21.5. The average Bonchev–Trinajstić information content (AvgIpc) is 3.16. The summed E-state index contributed by atoms with van der Waals surface area (Å²) >= 11 is 0. The smallest absolute Gasteiger partial charge is 0.223 e. The first-order valence-corrected chi connectivity index (χ1v) is 8.68. The summed E-state index contributed by atoms with van der Waals surface area (Å²) in [5.74, 6) is 1.61. The highest BCUT2D eigenvalue weighted by Gasteiger charge is 2.37. The Morgan fingerprint density at radius 1 is 1.33 bits per heavy atom. The van der Waals surface area contributed by atoms with Crippen molar-refractivity contribution in [3.8, 4) is 0 Å². The van der Waals surface area contributed by atoms with Gasteiger partial charge in [-0.3, -0.25) is 4.79 Å². The van der Waals surface area contributed by atoms with Crippen molar-refractivity contribution >= 4 is 5.91 Å². The number of imidazole rings is 1. The number of piperidine rings is 1. The Hall–Kier alpha value is -2.08. The number of aryl methyl sites for hydroxylation is 2. The largest absolute Gasteiger partial charge is 0.357 e. The lowest BCUT2D eigenvalue weighted by molar-refractivity contribution is -0.139. The summed E-state index contributed by atoms with van der Waals surface area (Å²) in [6.45, 7) is 4.51. The summed E-state index contributed by atoms with van der Waals surface area (Å²) in [4.78, 5) is 18.9. The van der Waals surface area contributed by atoms with E-state index in [2.05, 4.69) is 33.3 Å². The number of carbonyl (C=O) groups excluding carboxylic acids is 1. The molecule has 1 amide bonds. The van der Waals surface area contributed by atoms with Crippen LogP contribution in [0.3, 0.4) is 0 Å². The number of nitrogens with zero attached hydrogens (tertiary/aromatic N) is 4. The number of hydrogen-bond acceptors (Lipinski definition) is 3. The van der Waals surface area contributed by atoms with Crippen molar-refractivity contribution in [2.24, 2.45) is 20.0 Å². The number of likely N-dealkylation sites (tertiary alicyclic amines) is 1. The van der Waals surface area contributed by atoms with Gasteiger partial charge in [-0.2, -0.15) is 0 Å². The maximum Gasteiger partial charge on any atom is 0.223 e. The van der Waals surface area contributed by atoms with Gasteiger partial charge in [-0.15, -0.1) is 0 Å². The number of nitrogens with one attached hydrogen (secondary N) is 1. The lowest BCUT2D eigenvalue weighted by Gasteiger charge is -2.40.